The SMILES string of the molecule is [N-]=[N+]=N[C@@H](CSSCCSSC[C@H](N=[N+]=[N-])[C@H](CS(=O)O)N=[N+]=[N-])[C@H](CS(=O)O)N=[N+]=[N-]. The predicted octanol–water partition coefficient (Wildman–Crippen LogP) is 4.91. The molecule has 0 fully saturated rings. The van der Waals surface area contributed by atoms with Crippen molar-refractivity contribution in [1.29, 1.82) is 0 Å². The fourth-order valence-corrected chi connectivity index (χ4v) is 8.20. The summed E-state index contributed by atoms with van der Waals surface area (Å²) in [5.74, 6) is 1.24. The highest BCUT2D eigenvalue weighted by molar-refractivity contribution is 8.78. The van der Waals surface area contributed by atoms with E-state index >= 15 is 0 Å². The van der Waals surface area contributed by atoms with Gasteiger partial charge in [0.15, 0.2) is 22.2 Å². The topological polar surface area (TPSA) is 270 Å². The molecule has 2 N–H and O–H groups in total. The van der Waals surface area contributed by atoms with Crippen molar-refractivity contribution in [2.45, 2.75) is 24.2 Å². The van der Waals surface area contributed by atoms with Gasteiger partial charge in [-0.3, -0.25) is 0 Å². The van der Waals surface area contributed by atoms with E-state index in [-0.39, 0.29) is 23.0 Å². The zero-order valence-corrected chi connectivity index (χ0v) is 21.0. The smallest absolute Gasteiger partial charge is 0.153 e. The Kier molecular flexibility index (Phi) is 19.7. The van der Waals surface area contributed by atoms with Crippen LogP contribution in [0.5, 0.6) is 0 Å². The Morgan fingerprint density at radius 2 is 0.938 bits per heavy atom. The molecule has 0 rings (SSSR count). The third kappa shape index (κ3) is 15.6. The lowest BCUT2D eigenvalue weighted by Crippen LogP contribution is -2.29. The Labute approximate surface area is 203 Å². The van der Waals surface area contributed by atoms with Gasteiger partial charge in [-0.2, -0.15) is 0 Å². The maximum atomic E-state index is 11.0. The number of hydrogen-bond donors (Lipinski definition) is 2. The molecule has 0 aliphatic heterocycles. The summed E-state index contributed by atoms with van der Waals surface area (Å²) in [4.78, 5) is 10.6. The van der Waals surface area contributed by atoms with Crippen LogP contribution in [-0.2, 0) is 22.2 Å². The van der Waals surface area contributed by atoms with E-state index in [0.29, 0.717) is 11.5 Å². The number of hydrogen-bond acceptors (Lipinski definition) is 10. The molecule has 0 radical (unpaired) electrons. The predicted molar refractivity (Wildman–Crippen MR) is 133 cm³/mol. The van der Waals surface area contributed by atoms with Crippen LogP contribution in [0.15, 0.2) is 20.5 Å². The molecule has 0 aliphatic carbocycles. The maximum Gasteiger partial charge on any atom is 0.153 e. The minimum Gasteiger partial charge on any atom is -0.306 e. The van der Waals surface area contributed by atoms with Crippen LogP contribution in [0.3, 0.4) is 0 Å². The minimum absolute atomic E-state index is 0.276. The normalized spacial score (nSPS) is 15.9. The van der Waals surface area contributed by atoms with Gasteiger partial charge in [0.2, 0.25) is 0 Å². The molecule has 0 aromatic heterocycles. The number of nitrogens with zero attached hydrogens (tertiary/aromatic N) is 12. The van der Waals surface area contributed by atoms with Crippen molar-refractivity contribution >= 4 is 65.3 Å². The van der Waals surface area contributed by atoms with Crippen molar-refractivity contribution in [3.63, 3.8) is 0 Å². The molecule has 16 nitrogen and oxygen atoms in total. The second kappa shape index (κ2) is 20.5. The van der Waals surface area contributed by atoms with Crippen LogP contribution in [0.2, 0.25) is 0 Å². The van der Waals surface area contributed by atoms with Crippen molar-refractivity contribution < 1.29 is 17.5 Å². The van der Waals surface area contributed by atoms with Crippen LogP contribution in [0, 0.1) is 0 Å². The van der Waals surface area contributed by atoms with Crippen molar-refractivity contribution in [3.05, 3.63) is 41.8 Å². The molecule has 32 heavy (non-hydrogen) atoms. The standard InChI is InChI=1S/C10H18N12O4S6/c11-19-15-7(9(17-21-13)5-31(23)24)3-29-27-1-2-28-30-4-8(16-20-12)10(18-22-14)6-32(25)26/h7-10H,1-6H2,(H,23,24)(H,25,26)/t7-,8-,9-,10-/m0/s1. The Bertz CT molecular complexity index is 744. The Hall–Kier alpha value is -1.14. The molecular formula is C10H18N12O4S6. The first kappa shape index (κ1) is 30.9. The fourth-order valence-electron chi connectivity index (χ4n) is 1.86. The highest BCUT2D eigenvalue weighted by atomic mass is 33.1. The van der Waals surface area contributed by atoms with Crippen LogP contribution < -0.4 is 0 Å². The van der Waals surface area contributed by atoms with Gasteiger partial charge in [-0.25, -0.2) is 8.42 Å². The van der Waals surface area contributed by atoms with Gasteiger partial charge in [0.25, 0.3) is 0 Å². The van der Waals surface area contributed by atoms with E-state index in [0.717, 1.165) is 0 Å². The summed E-state index contributed by atoms with van der Waals surface area (Å²) >= 11 is -4.41. The average Bonchev–Trinajstić information content (AvgIpc) is 2.72. The van der Waals surface area contributed by atoms with Crippen molar-refractivity contribution in [2.75, 3.05) is 34.5 Å². The second-order valence-corrected chi connectivity index (χ2v) is 12.5. The molecule has 0 spiro atoms. The summed E-state index contributed by atoms with van der Waals surface area (Å²) in [5, 5.41) is 14.0. The lowest BCUT2D eigenvalue weighted by atomic mass is 10.2. The zero-order chi connectivity index (χ0) is 24.2. The van der Waals surface area contributed by atoms with Crippen molar-refractivity contribution in [2.24, 2.45) is 20.5 Å². The molecule has 6 atom stereocenters. The monoisotopic (exact) mass is 562 g/mol. The average molecular weight is 563 g/mol. The summed E-state index contributed by atoms with van der Waals surface area (Å²) in [6.45, 7) is 0. The Morgan fingerprint density at radius 3 is 1.22 bits per heavy atom. The summed E-state index contributed by atoms with van der Waals surface area (Å²) < 4.78 is 40.0. The van der Waals surface area contributed by atoms with E-state index in [1.807, 2.05) is 0 Å². The summed E-state index contributed by atoms with van der Waals surface area (Å²) in [5.41, 5.74) is 34.5. The molecule has 2 unspecified atom stereocenters. The third-order valence-electron chi connectivity index (χ3n) is 3.21. The summed E-state index contributed by atoms with van der Waals surface area (Å²) in [7, 11) is 5.63. The van der Waals surface area contributed by atoms with E-state index in [1.54, 1.807) is 0 Å². The van der Waals surface area contributed by atoms with Crippen LogP contribution in [0.4, 0.5) is 0 Å². The quantitative estimate of drug-likeness (QED) is 0.0543. The van der Waals surface area contributed by atoms with Gasteiger partial charge in [-0.1, -0.05) is 63.6 Å². The van der Waals surface area contributed by atoms with Gasteiger partial charge in [0, 0.05) is 42.7 Å². The molecule has 0 saturated carbocycles. The van der Waals surface area contributed by atoms with E-state index in [1.165, 1.54) is 43.2 Å². The van der Waals surface area contributed by atoms with Crippen molar-refractivity contribution in [1.82, 2.24) is 0 Å². The molecule has 22 heteroatoms. The van der Waals surface area contributed by atoms with Gasteiger partial charge >= 0.3 is 0 Å². The summed E-state index contributed by atoms with van der Waals surface area (Å²) in [6.07, 6.45) is 0. The first-order valence-corrected chi connectivity index (χ1v) is 15.7. The number of rotatable bonds is 19. The fraction of sp³-hybridized carbons (Fsp3) is 1.00. The molecule has 0 saturated heterocycles. The highest BCUT2D eigenvalue weighted by Crippen LogP contribution is 2.30. The van der Waals surface area contributed by atoms with E-state index in [2.05, 4.69) is 40.1 Å². The van der Waals surface area contributed by atoms with Crippen LogP contribution in [0.1, 0.15) is 0 Å². The molecule has 0 bridgehead atoms. The zero-order valence-electron chi connectivity index (χ0n) is 16.1. The van der Waals surface area contributed by atoms with Crippen LogP contribution in [0.25, 0.3) is 41.8 Å². The lowest BCUT2D eigenvalue weighted by molar-refractivity contribution is 0.538. The Balaban J connectivity index is 4.43. The van der Waals surface area contributed by atoms with Gasteiger partial charge in [0.05, 0.1) is 35.7 Å². The lowest BCUT2D eigenvalue weighted by Gasteiger charge is -2.17. The van der Waals surface area contributed by atoms with Crippen LogP contribution >= 0.6 is 43.2 Å². The molecular weight excluding hydrogens is 545 g/mol. The molecule has 0 amide bonds. The molecule has 178 valence electrons. The molecule has 0 aliphatic rings. The Morgan fingerprint density at radius 1 is 0.625 bits per heavy atom. The van der Waals surface area contributed by atoms with Gasteiger partial charge < -0.3 is 9.11 Å². The first-order valence-electron chi connectivity index (χ1n) is 8.20. The molecule has 0 heterocycles. The van der Waals surface area contributed by atoms with Crippen LogP contribution in [-0.4, -0.2) is 76.2 Å². The summed E-state index contributed by atoms with van der Waals surface area (Å²) in [6, 6.07) is -3.42. The van der Waals surface area contributed by atoms with Gasteiger partial charge in [0.1, 0.15) is 0 Å². The first-order chi connectivity index (χ1) is 15.4. The van der Waals surface area contributed by atoms with E-state index < -0.39 is 46.3 Å². The molecule has 0 aromatic rings. The van der Waals surface area contributed by atoms with Gasteiger partial charge in [-0.15, -0.1) is 0 Å². The van der Waals surface area contributed by atoms with Crippen molar-refractivity contribution in [3.8, 4) is 0 Å². The second-order valence-electron chi connectivity index (χ2n) is 5.28. The maximum absolute atomic E-state index is 11.0. The number of azide groups is 4. The minimum atomic E-state index is -2.21. The third-order valence-corrected chi connectivity index (χ3v) is 9.57. The van der Waals surface area contributed by atoms with Gasteiger partial charge in [-0.05, 0) is 22.1 Å². The molecule has 0 aromatic carbocycles. The largest absolute Gasteiger partial charge is 0.306 e. The highest BCUT2D eigenvalue weighted by Gasteiger charge is 2.23. The van der Waals surface area contributed by atoms with E-state index in [9.17, 15) is 8.42 Å². The van der Waals surface area contributed by atoms with E-state index in [4.69, 9.17) is 31.2 Å².